The van der Waals surface area contributed by atoms with Crippen LogP contribution < -0.4 is 10.9 Å². The zero-order valence-electron chi connectivity index (χ0n) is 10.9. The molecule has 2 N–H and O–H groups in total. The molecular formula is C15H16N2O3. The topological polar surface area (TPSA) is 71.3 Å². The van der Waals surface area contributed by atoms with Crippen LogP contribution in [0, 0.1) is 0 Å². The predicted octanol–water partition coefficient (Wildman–Crippen LogP) is 0.698. The van der Waals surface area contributed by atoms with E-state index in [4.69, 9.17) is 0 Å². The second-order valence-electron chi connectivity index (χ2n) is 4.38. The molecule has 1 atom stereocenters. The molecule has 1 amide bonds. The summed E-state index contributed by atoms with van der Waals surface area (Å²) in [7, 11) is 0. The van der Waals surface area contributed by atoms with Gasteiger partial charge in [0.2, 0.25) is 5.91 Å². The van der Waals surface area contributed by atoms with Crippen molar-refractivity contribution in [3.63, 3.8) is 0 Å². The molecule has 104 valence electrons. The molecule has 0 saturated heterocycles. The summed E-state index contributed by atoms with van der Waals surface area (Å²) in [5.74, 6) is -0.318. The molecule has 0 saturated carbocycles. The van der Waals surface area contributed by atoms with E-state index in [-0.39, 0.29) is 24.6 Å². The summed E-state index contributed by atoms with van der Waals surface area (Å²) in [5, 5.41) is 12.1. The molecule has 0 unspecified atom stereocenters. The molecule has 1 heterocycles. The van der Waals surface area contributed by atoms with Crippen LogP contribution in [0.5, 0.6) is 0 Å². The molecule has 0 bridgehead atoms. The van der Waals surface area contributed by atoms with Crippen molar-refractivity contribution in [1.82, 2.24) is 9.88 Å². The Kier molecular flexibility index (Phi) is 4.68. The fourth-order valence-electron chi connectivity index (χ4n) is 1.91. The maximum Gasteiger partial charge on any atom is 0.250 e. The summed E-state index contributed by atoms with van der Waals surface area (Å²) in [5.41, 5.74) is 0.590. The molecule has 1 aromatic carbocycles. The van der Waals surface area contributed by atoms with E-state index in [2.05, 4.69) is 5.32 Å². The normalized spacial score (nSPS) is 11.8. The Morgan fingerprint density at radius 2 is 1.85 bits per heavy atom. The number of nitrogens with zero attached hydrogens (tertiary/aromatic N) is 1. The molecule has 5 heteroatoms. The van der Waals surface area contributed by atoms with Crippen molar-refractivity contribution < 1.29 is 9.90 Å². The summed E-state index contributed by atoms with van der Waals surface area (Å²) in [6, 6.07) is 13.4. The minimum Gasteiger partial charge on any atom is -0.394 e. The van der Waals surface area contributed by atoms with Crippen molar-refractivity contribution in [3.8, 4) is 0 Å². The largest absolute Gasteiger partial charge is 0.394 e. The Morgan fingerprint density at radius 1 is 1.15 bits per heavy atom. The van der Waals surface area contributed by atoms with Gasteiger partial charge in [-0.25, -0.2) is 0 Å². The Hall–Kier alpha value is -2.40. The molecule has 0 aliphatic carbocycles. The van der Waals surface area contributed by atoms with Crippen LogP contribution in [0.4, 0.5) is 0 Å². The van der Waals surface area contributed by atoms with Gasteiger partial charge in [-0.1, -0.05) is 36.4 Å². The second kappa shape index (κ2) is 6.68. The van der Waals surface area contributed by atoms with Gasteiger partial charge in [-0.05, 0) is 11.6 Å². The smallest absolute Gasteiger partial charge is 0.250 e. The monoisotopic (exact) mass is 272 g/mol. The standard InChI is InChI=1S/C15H16N2O3/c18-11-13(12-6-2-1-3-7-12)16-14(19)10-17-9-5-4-8-15(17)20/h1-9,13,18H,10-11H2,(H,16,19)/t13-/m1/s1. The van der Waals surface area contributed by atoms with Crippen molar-refractivity contribution in [2.75, 3.05) is 6.61 Å². The molecule has 1 aromatic heterocycles. The van der Waals surface area contributed by atoms with Crippen LogP contribution in [0.2, 0.25) is 0 Å². The Balaban J connectivity index is 2.04. The summed E-state index contributed by atoms with van der Waals surface area (Å²) < 4.78 is 1.31. The fourth-order valence-corrected chi connectivity index (χ4v) is 1.91. The average molecular weight is 272 g/mol. The van der Waals surface area contributed by atoms with Gasteiger partial charge in [0, 0.05) is 12.3 Å². The molecule has 5 nitrogen and oxygen atoms in total. The number of aromatic nitrogens is 1. The number of benzene rings is 1. The molecule has 2 rings (SSSR count). The van der Waals surface area contributed by atoms with Crippen LogP contribution in [0.25, 0.3) is 0 Å². The van der Waals surface area contributed by atoms with E-state index in [0.29, 0.717) is 0 Å². The Labute approximate surface area is 116 Å². The van der Waals surface area contributed by atoms with E-state index in [1.807, 2.05) is 30.3 Å². The minimum atomic E-state index is -0.469. The number of nitrogens with one attached hydrogen (secondary N) is 1. The van der Waals surface area contributed by atoms with Crippen molar-refractivity contribution in [1.29, 1.82) is 0 Å². The van der Waals surface area contributed by atoms with E-state index < -0.39 is 6.04 Å². The van der Waals surface area contributed by atoms with Crippen LogP contribution >= 0.6 is 0 Å². The number of aliphatic hydroxyl groups excluding tert-OH is 1. The summed E-state index contributed by atoms with van der Waals surface area (Å²) in [6.07, 6.45) is 1.55. The molecule has 20 heavy (non-hydrogen) atoms. The van der Waals surface area contributed by atoms with Crippen molar-refractivity contribution >= 4 is 5.91 Å². The zero-order chi connectivity index (χ0) is 14.4. The highest BCUT2D eigenvalue weighted by Gasteiger charge is 2.13. The number of carbonyl (C=O) groups excluding carboxylic acids is 1. The van der Waals surface area contributed by atoms with Crippen LogP contribution in [-0.2, 0) is 11.3 Å². The highest BCUT2D eigenvalue weighted by Crippen LogP contribution is 2.11. The first-order valence-electron chi connectivity index (χ1n) is 6.31. The molecule has 0 radical (unpaired) electrons. The number of amides is 1. The van der Waals surface area contributed by atoms with Gasteiger partial charge in [-0.3, -0.25) is 9.59 Å². The molecule has 0 aliphatic rings. The van der Waals surface area contributed by atoms with Gasteiger partial charge in [0.25, 0.3) is 5.56 Å². The Bertz CT molecular complexity index is 622. The molecule has 0 fully saturated rings. The van der Waals surface area contributed by atoms with E-state index in [1.165, 1.54) is 10.6 Å². The maximum absolute atomic E-state index is 11.9. The maximum atomic E-state index is 11.9. The third-order valence-electron chi connectivity index (χ3n) is 2.93. The van der Waals surface area contributed by atoms with E-state index in [9.17, 15) is 14.7 Å². The van der Waals surface area contributed by atoms with Gasteiger partial charge in [-0.2, -0.15) is 0 Å². The summed E-state index contributed by atoms with van der Waals surface area (Å²) >= 11 is 0. The average Bonchev–Trinajstić information content (AvgIpc) is 2.48. The molecular weight excluding hydrogens is 256 g/mol. The summed E-state index contributed by atoms with van der Waals surface area (Å²) in [6.45, 7) is -0.261. The van der Waals surface area contributed by atoms with Crippen molar-refractivity contribution in [2.24, 2.45) is 0 Å². The van der Waals surface area contributed by atoms with Crippen LogP contribution in [-0.4, -0.2) is 22.2 Å². The minimum absolute atomic E-state index is 0.0665. The van der Waals surface area contributed by atoms with Gasteiger partial charge >= 0.3 is 0 Å². The first-order valence-corrected chi connectivity index (χ1v) is 6.31. The number of carbonyl (C=O) groups is 1. The number of hydrogen-bond donors (Lipinski definition) is 2. The highest BCUT2D eigenvalue weighted by atomic mass is 16.3. The predicted molar refractivity (Wildman–Crippen MR) is 75.1 cm³/mol. The van der Waals surface area contributed by atoms with Gasteiger partial charge < -0.3 is 15.0 Å². The van der Waals surface area contributed by atoms with Crippen LogP contribution in [0.3, 0.4) is 0 Å². The lowest BCUT2D eigenvalue weighted by Crippen LogP contribution is -2.35. The SMILES string of the molecule is O=C(Cn1ccccc1=O)N[C@H](CO)c1ccccc1. The number of hydrogen-bond acceptors (Lipinski definition) is 3. The van der Waals surface area contributed by atoms with Gasteiger partial charge in [0.05, 0.1) is 12.6 Å². The third-order valence-corrected chi connectivity index (χ3v) is 2.93. The second-order valence-corrected chi connectivity index (χ2v) is 4.38. The molecule has 0 aliphatic heterocycles. The lowest BCUT2D eigenvalue weighted by molar-refractivity contribution is -0.122. The first kappa shape index (κ1) is 14.0. The van der Waals surface area contributed by atoms with E-state index in [0.717, 1.165) is 5.56 Å². The third kappa shape index (κ3) is 3.55. The van der Waals surface area contributed by atoms with Gasteiger partial charge in [0.15, 0.2) is 0 Å². The zero-order valence-corrected chi connectivity index (χ0v) is 10.9. The van der Waals surface area contributed by atoms with Gasteiger partial charge in [0.1, 0.15) is 6.54 Å². The summed E-state index contributed by atoms with van der Waals surface area (Å²) in [4.78, 5) is 23.4. The van der Waals surface area contributed by atoms with E-state index in [1.54, 1.807) is 18.3 Å². The number of pyridine rings is 1. The number of aliphatic hydroxyl groups is 1. The lowest BCUT2D eigenvalue weighted by Gasteiger charge is -2.17. The van der Waals surface area contributed by atoms with Crippen LogP contribution in [0.15, 0.2) is 59.5 Å². The molecule has 0 spiro atoms. The van der Waals surface area contributed by atoms with E-state index >= 15 is 0 Å². The van der Waals surface area contributed by atoms with Gasteiger partial charge in [-0.15, -0.1) is 0 Å². The van der Waals surface area contributed by atoms with Crippen molar-refractivity contribution in [3.05, 3.63) is 70.6 Å². The van der Waals surface area contributed by atoms with Crippen LogP contribution in [0.1, 0.15) is 11.6 Å². The molecule has 2 aromatic rings. The first-order chi connectivity index (χ1) is 9.70. The lowest BCUT2D eigenvalue weighted by atomic mass is 10.1. The Morgan fingerprint density at radius 3 is 2.50 bits per heavy atom. The highest BCUT2D eigenvalue weighted by molar-refractivity contribution is 5.76. The number of rotatable bonds is 5. The fraction of sp³-hybridized carbons (Fsp3) is 0.200. The quantitative estimate of drug-likeness (QED) is 0.841. The van der Waals surface area contributed by atoms with Crippen molar-refractivity contribution in [2.45, 2.75) is 12.6 Å².